The molecule has 0 aliphatic rings. The van der Waals surface area contributed by atoms with E-state index >= 15 is 0 Å². The van der Waals surface area contributed by atoms with Gasteiger partial charge in [0.25, 0.3) is 5.91 Å². The van der Waals surface area contributed by atoms with Gasteiger partial charge < -0.3 is 9.64 Å². The lowest BCUT2D eigenvalue weighted by Crippen LogP contribution is -2.21. The number of halogens is 1. The SMILES string of the molecule is CN(C)C(=O)c1ccc(Oc2ccccc2Br)nc1. The number of para-hydroxylation sites is 1. The Bertz CT molecular complexity index is 582. The van der Waals surface area contributed by atoms with Crippen molar-refractivity contribution in [2.45, 2.75) is 0 Å². The first-order valence-electron chi connectivity index (χ1n) is 5.68. The summed E-state index contributed by atoms with van der Waals surface area (Å²) in [4.78, 5) is 17.3. The first-order valence-corrected chi connectivity index (χ1v) is 6.47. The highest BCUT2D eigenvalue weighted by Gasteiger charge is 2.09. The van der Waals surface area contributed by atoms with Gasteiger partial charge >= 0.3 is 0 Å². The summed E-state index contributed by atoms with van der Waals surface area (Å²) in [5.41, 5.74) is 0.532. The molecule has 0 aliphatic heterocycles. The Balaban J connectivity index is 2.16. The van der Waals surface area contributed by atoms with E-state index < -0.39 is 0 Å². The molecule has 2 aromatic rings. The molecule has 4 nitrogen and oxygen atoms in total. The molecular weight excluding hydrogens is 308 g/mol. The number of carbonyl (C=O) groups is 1. The molecule has 0 aliphatic carbocycles. The molecule has 0 unspecified atom stereocenters. The van der Waals surface area contributed by atoms with Crippen molar-refractivity contribution in [2.24, 2.45) is 0 Å². The van der Waals surface area contributed by atoms with Crippen LogP contribution in [0.25, 0.3) is 0 Å². The minimum atomic E-state index is -0.0834. The summed E-state index contributed by atoms with van der Waals surface area (Å²) < 4.78 is 6.47. The molecule has 0 bridgehead atoms. The second kappa shape index (κ2) is 5.84. The highest BCUT2D eigenvalue weighted by Crippen LogP contribution is 2.28. The first kappa shape index (κ1) is 13.5. The van der Waals surface area contributed by atoms with Crippen LogP contribution in [0.15, 0.2) is 47.1 Å². The minimum absolute atomic E-state index is 0.0834. The van der Waals surface area contributed by atoms with Crippen molar-refractivity contribution in [2.75, 3.05) is 14.1 Å². The molecule has 0 atom stereocenters. The van der Waals surface area contributed by atoms with E-state index in [4.69, 9.17) is 4.74 Å². The number of ether oxygens (including phenoxy) is 1. The van der Waals surface area contributed by atoms with Crippen LogP contribution < -0.4 is 4.74 Å². The number of hydrogen-bond acceptors (Lipinski definition) is 3. The van der Waals surface area contributed by atoms with Crippen LogP contribution in [0.2, 0.25) is 0 Å². The highest BCUT2D eigenvalue weighted by atomic mass is 79.9. The van der Waals surface area contributed by atoms with Crippen LogP contribution in [-0.4, -0.2) is 29.9 Å². The predicted molar refractivity (Wildman–Crippen MR) is 76.5 cm³/mol. The summed E-state index contributed by atoms with van der Waals surface area (Å²) >= 11 is 3.40. The summed E-state index contributed by atoms with van der Waals surface area (Å²) in [6.07, 6.45) is 1.51. The summed E-state index contributed by atoms with van der Waals surface area (Å²) in [6, 6.07) is 10.9. The van der Waals surface area contributed by atoms with E-state index in [9.17, 15) is 4.79 Å². The van der Waals surface area contributed by atoms with Gasteiger partial charge in [0, 0.05) is 26.4 Å². The van der Waals surface area contributed by atoms with Crippen molar-refractivity contribution in [1.82, 2.24) is 9.88 Å². The Kier molecular flexibility index (Phi) is 4.16. The Morgan fingerprint density at radius 2 is 1.95 bits per heavy atom. The second-order valence-corrected chi connectivity index (χ2v) is 4.97. The molecule has 0 spiro atoms. The smallest absolute Gasteiger partial charge is 0.254 e. The van der Waals surface area contributed by atoms with Gasteiger partial charge in [0.05, 0.1) is 10.0 Å². The lowest BCUT2D eigenvalue weighted by atomic mass is 10.2. The number of rotatable bonds is 3. The van der Waals surface area contributed by atoms with Crippen LogP contribution in [0.3, 0.4) is 0 Å². The largest absolute Gasteiger partial charge is 0.438 e. The zero-order valence-electron chi connectivity index (χ0n) is 10.6. The minimum Gasteiger partial charge on any atom is -0.438 e. The molecule has 0 saturated carbocycles. The van der Waals surface area contributed by atoms with Crippen LogP contribution in [0.4, 0.5) is 0 Å². The maximum Gasteiger partial charge on any atom is 0.254 e. The van der Waals surface area contributed by atoms with Crippen molar-refractivity contribution in [3.05, 3.63) is 52.6 Å². The quantitative estimate of drug-likeness (QED) is 0.871. The topological polar surface area (TPSA) is 42.4 Å². The first-order chi connectivity index (χ1) is 9.08. The molecular formula is C14H13BrN2O2. The van der Waals surface area contributed by atoms with E-state index in [-0.39, 0.29) is 5.91 Å². The average Bonchev–Trinajstić information content (AvgIpc) is 2.41. The van der Waals surface area contributed by atoms with Crippen LogP contribution in [0, 0.1) is 0 Å². The van der Waals surface area contributed by atoms with E-state index in [0.29, 0.717) is 17.2 Å². The van der Waals surface area contributed by atoms with Crippen LogP contribution in [0.5, 0.6) is 11.6 Å². The molecule has 0 fully saturated rings. The zero-order chi connectivity index (χ0) is 13.8. The summed E-state index contributed by atoms with van der Waals surface area (Å²) in [7, 11) is 3.40. The fraction of sp³-hybridized carbons (Fsp3) is 0.143. The number of amides is 1. The molecule has 0 N–H and O–H groups in total. The normalized spacial score (nSPS) is 10.1. The van der Waals surface area contributed by atoms with E-state index in [1.54, 1.807) is 26.2 Å². The molecule has 1 amide bonds. The van der Waals surface area contributed by atoms with Crippen molar-refractivity contribution in [1.29, 1.82) is 0 Å². The van der Waals surface area contributed by atoms with Gasteiger partial charge in [-0.05, 0) is 34.1 Å². The van der Waals surface area contributed by atoms with Gasteiger partial charge in [-0.2, -0.15) is 0 Å². The van der Waals surface area contributed by atoms with E-state index in [1.165, 1.54) is 11.1 Å². The van der Waals surface area contributed by atoms with Gasteiger partial charge in [-0.3, -0.25) is 4.79 Å². The zero-order valence-corrected chi connectivity index (χ0v) is 12.2. The molecule has 0 radical (unpaired) electrons. The molecule has 1 aromatic heterocycles. The average molecular weight is 321 g/mol. The van der Waals surface area contributed by atoms with E-state index in [0.717, 1.165) is 4.47 Å². The lowest BCUT2D eigenvalue weighted by Gasteiger charge is -2.10. The summed E-state index contributed by atoms with van der Waals surface area (Å²) in [5, 5.41) is 0. The van der Waals surface area contributed by atoms with Gasteiger partial charge in [-0.15, -0.1) is 0 Å². The van der Waals surface area contributed by atoms with Gasteiger partial charge in [-0.25, -0.2) is 4.98 Å². The van der Waals surface area contributed by atoms with Gasteiger partial charge in [0.1, 0.15) is 5.75 Å². The van der Waals surface area contributed by atoms with Gasteiger partial charge in [0.15, 0.2) is 0 Å². The Morgan fingerprint density at radius 1 is 1.21 bits per heavy atom. The fourth-order valence-corrected chi connectivity index (χ4v) is 1.83. The van der Waals surface area contributed by atoms with Gasteiger partial charge in [0.2, 0.25) is 5.88 Å². The van der Waals surface area contributed by atoms with Crippen LogP contribution in [-0.2, 0) is 0 Å². The van der Waals surface area contributed by atoms with Gasteiger partial charge in [-0.1, -0.05) is 12.1 Å². The van der Waals surface area contributed by atoms with E-state index in [2.05, 4.69) is 20.9 Å². The van der Waals surface area contributed by atoms with Crippen molar-refractivity contribution < 1.29 is 9.53 Å². The van der Waals surface area contributed by atoms with Crippen molar-refractivity contribution in [3.8, 4) is 11.6 Å². The number of carbonyl (C=O) groups excluding carboxylic acids is 1. The number of aromatic nitrogens is 1. The number of hydrogen-bond donors (Lipinski definition) is 0. The van der Waals surface area contributed by atoms with Crippen LogP contribution >= 0.6 is 15.9 Å². The van der Waals surface area contributed by atoms with Crippen LogP contribution in [0.1, 0.15) is 10.4 Å². The second-order valence-electron chi connectivity index (χ2n) is 4.12. The number of benzene rings is 1. The molecule has 2 rings (SSSR count). The highest BCUT2D eigenvalue weighted by molar-refractivity contribution is 9.10. The van der Waals surface area contributed by atoms with Crippen molar-refractivity contribution >= 4 is 21.8 Å². The maximum atomic E-state index is 11.7. The van der Waals surface area contributed by atoms with Crippen molar-refractivity contribution in [3.63, 3.8) is 0 Å². The third kappa shape index (κ3) is 3.32. The molecule has 98 valence electrons. The molecule has 19 heavy (non-hydrogen) atoms. The third-order valence-corrected chi connectivity index (χ3v) is 3.10. The Labute approximate surface area is 120 Å². The van der Waals surface area contributed by atoms with E-state index in [1.807, 2.05) is 24.3 Å². The molecule has 0 saturated heterocycles. The maximum absolute atomic E-state index is 11.7. The Hall–Kier alpha value is -1.88. The Morgan fingerprint density at radius 3 is 2.53 bits per heavy atom. The lowest BCUT2D eigenvalue weighted by molar-refractivity contribution is 0.0827. The number of nitrogens with zero attached hydrogens (tertiary/aromatic N) is 2. The number of pyridine rings is 1. The monoisotopic (exact) mass is 320 g/mol. The summed E-state index contributed by atoms with van der Waals surface area (Å²) in [5.74, 6) is 1.05. The molecule has 1 heterocycles. The standard InChI is InChI=1S/C14H13BrN2O2/c1-17(2)14(18)10-7-8-13(16-9-10)19-12-6-4-3-5-11(12)15/h3-9H,1-2H3. The predicted octanol–water partition coefficient (Wildman–Crippen LogP) is 3.34. The summed E-state index contributed by atoms with van der Waals surface area (Å²) in [6.45, 7) is 0. The fourth-order valence-electron chi connectivity index (χ4n) is 1.47. The third-order valence-electron chi connectivity index (χ3n) is 2.44. The molecule has 1 aromatic carbocycles. The molecule has 5 heteroatoms.